The number of aliphatic hydroxyl groups excluding tert-OH is 2. The van der Waals surface area contributed by atoms with Crippen molar-refractivity contribution in [1.82, 2.24) is 10.2 Å². The standard InChI is InChI=1S/C13H20N2O3/c1-15(2)11-5-3-4-10(6-7-11)13(18)14-8-12(17)9-16/h4-7,12,16-17H,3,8-9H2,1-2H3,(H,14,18). The van der Waals surface area contributed by atoms with Crippen molar-refractivity contribution in [1.29, 1.82) is 0 Å². The maximum absolute atomic E-state index is 11.8. The quantitative estimate of drug-likeness (QED) is 0.633. The molecule has 1 aliphatic carbocycles. The molecule has 0 heterocycles. The summed E-state index contributed by atoms with van der Waals surface area (Å²) in [4.78, 5) is 13.8. The number of likely N-dealkylation sites (N-methyl/N-ethyl adjacent to an activating group) is 1. The van der Waals surface area contributed by atoms with Gasteiger partial charge in [-0.1, -0.05) is 12.2 Å². The van der Waals surface area contributed by atoms with Gasteiger partial charge in [0.2, 0.25) is 0 Å². The number of carbonyl (C=O) groups is 1. The number of carbonyl (C=O) groups excluding carboxylic acids is 1. The van der Waals surface area contributed by atoms with Gasteiger partial charge >= 0.3 is 0 Å². The SMILES string of the molecule is CN(C)C1=CCC=C(C(=O)NCC(O)CO)C=C1. The normalized spacial score (nSPS) is 16.4. The number of nitrogens with zero attached hydrogens (tertiary/aromatic N) is 1. The van der Waals surface area contributed by atoms with E-state index in [-0.39, 0.29) is 19.1 Å². The number of aliphatic hydroxyl groups is 2. The molecule has 100 valence electrons. The third-order valence-electron chi connectivity index (χ3n) is 2.59. The van der Waals surface area contributed by atoms with E-state index in [9.17, 15) is 4.79 Å². The van der Waals surface area contributed by atoms with Crippen LogP contribution in [-0.2, 0) is 4.79 Å². The molecule has 0 fully saturated rings. The molecule has 1 unspecified atom stereocenters. The molecule has 0 saturated carbocycles. The Hall–Kier alpha value is -1.59. The Morgan fingerprint density at radius 2 is 2.17 bits per heavy atom. The van der Waals surface area contributed by atoms with Crippen LogP contribution in [0.5, 0.6) is 0 Å². The molecule has 1 aliphatic rings. The first-order valence-electron chi connectivity index (χ1n) is 5.87. The fourth-order valence-corrected chi connectivity index (χ4v) is 1.50. The molecule has 0 aromatic heterocycles. The van der Waals surface area contributed by atoms with Crippen LogP contribution in [0, 0.1) is 0 Å². The predicted octanol–water partition coefficient (Wildman–Crippen LogP) is -0.212. The highest BCUT2D eigenvalue weighted by molar-refractivity contribution is 5.96. The van der Waals surface area contributed by atoms with Crippen molar-refractivity contribution in [2.45, 2.75) is 12.5 Å². The van der Waals surface area contributed by atoms with Gasteiger partial charge in [0.15, 0.2) is 0 Å². The minimum atomic E-state index is -0.917. The molecule has 5 heteroatoms. The highest BCUT2D eigenvalue weighted by Gasteiger charge is 2.10. The summed E-state index contributed by atoms with van der Waals surface area (Å²) < 4.78 is 0. The smallest absolute Gasteiger partial charge is 0.251 e. The molecular weight excluding hydrogens is 232 g/mol. The molecule has 0 spiro atoms. The minimum Gasteiger partial charge on any atom is -0.394 e. The molecule has 1 atom stereocenters. The number of nitrogens with one attached hydrogen (secondary N) is 1. The third-order valence-corrected chi connectivity index (χ3v) is 2.59. The molecule has 18 heavy (non-hydrogen) atoms. The van der Waals surface area contributed by atoms with E-state index in [0.29, 0.717) is 12.0 Å². The zero-order chi connectivity index (χ0) is 13.5. The average molecular weight is 252 g/mol. The van der Waals surface area contributed by atoms with Crippen molar-refractivity contribution < 1.29 is 15.0 Å². The monoisotopic (exact) mass is 252 g/mol. The van der Waals surface area contributed by atoms with Crippen LogP contribution in [0.3, 0.4) is 0 Å². The van der Waals surface area contributed by atoms with Gasteiger partial charge < -0.3 is 20.4 Å². The van der Waals surface area contributed by atoms with Gasteiger partial charge in [-0.15, -0.1) is 0 Å². The zero-order valence-corrected chi connectivity index (χ0v) is 10.8. The molecule has 0 aliphatic heterocycles. The summed E-state index contributed by atoms with van der Waals surface area (Å²) in [6, 6.07) is 0. The van der Waals surface area contributed by atoms with Gasteiger partial charge in [0, 0.05) is 31.9 Å². The van der Waals surface area contributed by atoms with Crippen LogP contribution in [0.4, 0.5) is 0 Å². The maximum atomic E-state index is 11.8. The fourth-order valence-electron chi connectivity index (χ4n) is 1.50. The average Bonchev–Trinajstić information content (AvgIpc) is 2.61. The third kappa shape index (κ3) is 4.35. The molecular formula is C13H20N2O3. The van der Waals surface area contributed by atoms with Crippen molar-refractivity contribution in [3.05, 3.63) is 35.6 Å². The van der Waals surface area contributed by atoms with E-state index in [2.05, 4.69) is 5.32 Å². The van der Waals surface area contributed by atoms with Crippen LogP contribution in [0.25, 0.3) is 0 Å². The van der Waals surface area contributed by atoms with Gasteiger partial charge in [0.1, 0.15) is 0 Å². The van der Waals surface area contributed by atoms with E-state index in [4.69, 9.17) is 10.2 Å². The topological polar surface area (TPSA) is 72.8 Å². The van der Waals surface area contributed by atoms with Crippen molar-refractivity contribution in [3.63, 3.8) is 0 Å². The van der Waals surface area contributed by atoms with Crippen LogP contribution >= 0.6 is 0 Å². The summed E-state index contributed by atoms with van der Waals surface area (Å²) in [6.45, 7) is -0.310. The summed E-state index contributed by atoms with van der Waals surface area (Å²) >= 11 is 0. The molecule has 0 aromatic rings. The second-order valence-electron chi connectivity index (χ2n) is 4.30. The second kappa shape index (κ2) is 6.98. The lowest BCUT2D eigenvalue weighted by atomic mass is 10.2. The Kier molecular flexibility index (Phi) is 5.61. The first kappa shape index (κ1) is 14.5. The maximum Gasteiger partial charge on any atom is 0.251 e. The van der Waals surface area contributed by atoms with Crippen molar-refractivity contribution in [2.75, 3.05) is 27.2 Å². The predicted molar refractivity (Wildman–Crippen MR) is 69.7 cm³/mol. The number of hydrogen-bond acceptors (Lipinski definition) is 4. The van der Waals surface area contributed by atoms with Crippen LogP contribution in [0.2, 0.25) is 0 Å². The van der Waals surface area contributed by atoms with E-state index < -0.39 is 6.10 Å². The first-order chi connectivity index (χ1) is 8.54. The fraction of sp³-hybridized carbons (Fsp3) is 0.462. The Morgan fingerprint density at radius 1 is 1.44 bits per heavy atom. The molecule has 0 radical (unpaired) electrons. The van der Waals surface area contributed by atoms with Crippen molar-refractivity contribution in [2.24, 2.45) is 0 Å². The van der Waals surface area contributed by atoms with E-state index in [1.54, 1.807) is 6.08 Å². The highest BCUT2D eigenvalue weighted by atomic mass is 16.3. The highest BCUT2D eigenvalue weighted by Crippen LogP contribution is 2.12. The van der Waals surface area contributed by atoms with Crippen LogP contribution in [0.15, 0.2) is 35.6 Å². The minimum absolute atomic E-state index is 0.0501. The molecule has 3 N–H and O–H groups in total. The van der Waals surface area contributed by atoms with E-state index >= 15 is 0 Å². The van der Waals surface area contributed by atoms with Gasteiger partial charge in [-0.25, -0.2) is 0 Å². The molecule has 0 aromatic carbocycles. The first-order valence-corrected chi connectivity index (χ1v) is 5.87. The number of hydrogen-bond donors (Lipinski definition) is 3. The second-order valence-corrected chi connectivity index (χ2v) is 4.30. The van der Waals surface area contributed by atoms with Crippen LogP contribution < -0.4 is 5.32 Å². The molecule has 1 amide bonds. The number of rotatable bonds is 5. The van der Waals surface area contributed by atoms with Gasteiger partial charge in [-0.3, -0.25) is 4.79 Å². The molecule has 0 bridgehead atoms. The van der Waals surface area contributed by atoms with Gasteiger partial charge in [0.05, 0.1) is 12.7 Å². The zero-order valence-electron chi connectivity index (χ0n) is 10.8. The van der Waals surface area contributed by atoms with E-state index in [1.807, 2.05) is 37.2 Å². The Labute approximate surface area is 107 Å². The number of amides is 1. The lowest BCUT2D eigenvalue weighted by molar-refractivity contribution is -0.117. The van der Waals surface area contributed by atoms with Gasteiger partial charge in [0.25, 0.3) is 5.91 Å². The van der Waals surface area contributed by atoms with Gasteiger partial charge in [-0.05, 0) is 18.6 Å². The summed E-state index contributed by atoms with van der Waals surface area (Å²) in [6.07, 6.45) is 7.25. The summed E-state index contributed by atoms with van der Waals surface area (Å²) in [7, 11) is 3.89. The van der Waals surface area contributed by atoms with Crippen LogP contribution in [0.1, 0.15) is 6.42 Å². The summed E-state index contributed by atoms with van der Waals surface area (Å²) in [5, 5.41) is 20.4. The van der Waals surface area contributed by atoms with E-state index in [0.717, 1.165) is 5.70 Å². The molecule has 5 nitrogen and oxygen atoms in total. The molecule has 0 saturated heterocycles. The van der Waals surface area contributed by atoms with Crippen LogP contribution in [-0.4, -0.2) is 54.4 Å². The largest absolute Gasteiger partial charge is 0.394 e. The lowest BCUT2D eigenvalue weighted by Crippen LogP contribution is -2.34. The Bertz CT molecular complexity index is 384. The number of allylic oxidation sites excluding steroid dienone is 3. The Morgan fingerprint density at radius 3 is 2.78 bits per heavy atom. The summed E-state index contributed by atoms with van der Waals surface area (Å²) in [5.41, 5.74) is 1.61. The molecule has 1 rings (SSSR count). The van der Waals surface area contributed by atoms with Crippen molar-refractivity contribution in [3.8, 4) is 0 Å². The Balaban J connectivity index is 2.56. The van der Waals surface area contributed by atoms with Gasteiger partial charge in [-0.2, -0.15) is 0 Å². The van der Waals surface area contributed by atoms with E-state index in [1.165, 1.54) is 0 Å². The lowest BCUT2D eigenvalue weighted by Gasteiger charge is -2.12. The summed E-state index contributed by atoms with van der Waals surface area (Å²) in [5.74, 6) is -0.243. The van der Waals surface area contributed by atoms with Crippen molar-refractivity contribution >= 4 is 5.91 Å².